The third-order valence-electron chi connectivity index (χ3n) is 6.03. The lowest BCUT2D eigenvalue weighted by molar-refractivity contribution is -0.200. The monoisotopic (exact) mass is 445 g/mol. The molecule has 33 heavy (non-hydrogen) atoms. The quantitative estimate of drug-likeness (QED) is 0.342. The molecule has 0 saturated carbocycles. The van der Waals surface area contributed by atoms with Crippen LogP contribution in [0.25, 0.3) is 0 Å². The molecule has 0 aliphatic heterocycles. The van der Waals surface area contributed by atoms with Crippen LogP contribution in [0.2, 0.25) is 0 Å². The van der Waals surface area contributed by atoms with Gasteiger partial charge < -0.3 is 9.84 Å². The van der Waals surface area contributed by atoms with Crippen molar-refractivity contribution in [3.05, 3.63) is 107 Å². The Morgan fingerprint density at radius 3 is 1.82 bits per heavy atom. The molecule has 0 bridgehead atoms. The Morgan fingerprint density at radius 1 is 0.818 bits per heavy atom. The van der Waals surface area contributed by atoms with Crippen LogP contribution in [0.3, 0.4) is 0 Å². The number of benzene rings is 3. The first-order valence-electron chi connectivity index (χ1n) is 11.7. The van der Waals surface area contributed by atoms with E-state index in [1.807, 2.05) is 36.4 Å². The van der Waals surface area contributed by atoms with Gasteiger partial charge in [0, 0.05) is 12.1 Å². The van der Waals surface area contributed by atoms with Crippen molar-refractivity contribution < 1.29 is 14.6 Å². The molecule has 4 nitrogen and oxygen atoms in total. The zero-order valence-electron chi connectivity index (χ0n) is 20.1. The van der Waals surface area contributed by atoms with Crippen molar-refractivity contribution in [2.24, 2.45) is 0 Å². The second-order valence-electron chi connectivity index (χ2n) is 9.02. The molecule has 0 amide bonds. The van der Waals surface area contributed by atoms with Crippen molar-refractivity contribution in [2.75, 3.05) is 0 Å². The average molecular weight is 446 g/mol. The molecular weight excluding hydrogens is 410 g/mol. The van der Waals surface area contributed by atoms with Crippen LogP contribution in [0.1, 0.15) is 61.2 Å². The Morgan fingerprint density at radius 2 is 1.33 bits per heavy atom. The SMILES string of the molecule is CC(C)N(C(C)C)[C@](CCc1ccccc1)(OCc1ccccc1)c1ccc(C(=O)O)cc1. The Kier molecular flexibility index (Phi) is 8.43. The van der Waals surface area contributed by atoms with E-state index in [0.717, 1.165) is 24.0 Å². The molecule has 0 saturated heterocycles. The van der Waals surface area contributed by atoms with Gasteiger partial charge in [-0.05, 0) is 69.4 Å². The highest BCUT2D eigenvalue weighted by molar-refractivity contribution is 5.87. The van der Waals surface area contributed by atoms with Crippen molar-refractivity contribution in [1.29, 1.82) is 0 Å². The highest BCUT2D eigenvalue weighted by Crippen LogP contribution is 2.39. The largest absolute Gasteiger partial charge is 0.478 e. The van der Waals surface area contributed by atoms with Crippen LogP contribution in [-0.4, -0.2) is 28.1 Å². The molecule has 0 fully saturated rings. The van der Waals surface area contributed by atoms with E-state index in [2.05, 4.69) is 69.0 Å². The number of carboxylic acids is 1. The molecule has 3 rings (SSSR count). The van der Waals surface area contributed by atoms with E-state index in [4.69, 9.17) is 4.74 Å². The first-order chi connectivity index (χ1) is 15.8. The molecular formula is C29H35NO3. The standard InChI is InChI=1S/C29H35NO3/c1-22(2)30(23(3)4)29(20-19-24-11-7-5-8-12-24,33-21-25-13-9-6-10-14-25)27-17-15-26(16-18-27)28(31)32/h5-18,22-23H,19-21H2,1-4H3,(H,31,32)/t29-/m1/s1. The summed E-state index contributed by atoms with van der Waals surface area (Å²) in [6.45, 7) is 9.22. The van der Waals surface area contributed by atoms with Crippen LogP contribution in [0.4, 0.5) is 0 Å². The van der Waals surface area contributed by atoms with Crippen LogP contribution in [0, 0.1) is 0 Å². The van der Waals surface area contributed by atoms with Gasteiger partial charge in [0.1, 0.15) is 5.72 Å². The van der Waals surface area contributed by atoms with Crippen LogP contribution in [0.5, 0.6) is 0 Å². The summed E-state index contributed by atoms with van der Waals surface area (Å²) in [7, 11) is 0. The Balaban J connectivity index is 2.09. The van der Waals surface area contributed by atoms with Crippen LogP contribution in [-0.2, 0) is 23.5 Å². The average Bonchev–Trinajstić information content (AvgIpc) is 2.81. The Bertz CT molecular complexity index is 947. The number of aryl methyl sites for hydroxylation is 1. The van der Waals surface area contributed by atoms with Crippen LogP contribution < -0.4 is 0 Å². The molecule has 3 aromatic rings. The molecule has 1 N–H and O–H groups in total. The third kappa shape index (κ3) is 6.10. The highest BCUT2D eigenvalue weighted by Gasteiger charge is 2.42. The zero-order chi connectivity index (χ0) is 23.8. The lowest BCUT2D eigenvalue weighted by Gasteiger charge is -2.49. The first kappa shape index (κ1) is 24.7. The minimum absolute atomic E-state index is 0.218. The maximum atomic E-state index is 11.5. The number of carbonyl (C=O) groups is 1. The van der Waals surface area contributed by atoms with Crippen molar-refractivity contribution in [3.63, 3.8) is 0 Å². The van der Waals surface area contributed by atoms with E-state index >= 15 is 0 Å². The van der Waals surface area contributed by atoms with Crippen molar-refractivity contribution >= 4 is 5.97 Å². The van der Waals surface area contributed by atoms with Crippen molar-refractivity contribution in [2.45, 2.75) is 65.0 Å². The van der Waals surface area contributed by atoms with Gasteiger partial charge >= 0.3 is 5.97 Å². The minimum atomic E-state index is -0.925. The maximum absolute atomic E-state index is 11.5. The van der Waals surface area contributed by atoms with E-state index in [-0.39, 0.29) is 17.6 Å². The molecule has 0 aromatic heterocycles. The van der Waals surface area contributed by atoms with Gasteiger partial charge in [-0.15, -0.1) is 0 Å². The van der Waals surface area contributed by atoms with E-state index in [1.54, 1.807) is 12.1 Å². The molecule has 0 aliphatic carbocycles. The fraction of sp³-hybridized carbons (Fsp3) is 0.345. The predicted octanol–water partition coefficient (Wildman–Crippen LogP) is 6.51. The normalized spacial score (nSPS) is 13.4. The Hall–Kier alpha value is -2.95. The lowest BCUT2D eigenvalue weighted by atomic mass is 9.90. The smallest absolute Gasteiger partial charge is 0.335 e. The first-order valence-corrected chi connectivity index (χ1v) is 11.7. The number of rotatable bonds is 11. The molecule has 3 aromatic carbocycles. The molecule has 4 heteroatoms. The summed E-state index contributed by atoms with van der Waals surface area (Å²) in [5.41, 5.74) is 2.89. The van der Waals surface area contributed by atoms with E-state index in [1.165, 1.54) is 5.56 Å². The summed E-state index contributed by atoms with van der Waals surface area (Å²) in [6, 6.07) is 28.3. The minimum Gasteiger partial charge on any atom is -0.478 e. The topological polar surface area (TPSA) is 49.8 Å². The molecule has 0 aliphatic rings. The summed E-state index contributed by atoms with van der Waals surface area (Å²) >= 11 is 0. The summed E-state index contributed by atoms with van der Waals surface area (Å²) in [4.78, 5) is 13.9. The van der Waals surface area contributed by atoms with Crippen molar-refractivity contribution in [3.8, 4) is 0 Å². The van der Waals surface area contributed by atoms with Gasteiger partial charge in [-0.3, -0.25) is 4.90 Å². The summed E-state index contributed by atoms with van der Waals surface area (Å²) in [5.74, 6) is -0.925. The van der Waals surface area contributed by atoms with E-state index in [0.29, 0.717) is 6.61 Å². The fourth-order valence-corrected chi connectivity index (χ4v) is 4.69. The number of hydrogen-bond acceptors (Lipinski definition) is 3. The van der Waals surface area contributed by atoms with Gasteiger partial charge in [0.05, 0.1) is 12.2 Å². The second kappa shape index (κ2) is 11.3. The molecule has 0 unspecified atom stereocenters. The van der Waals surface area contributed by atoms with E-state index < -0.39 is 11.7 Å². The lowest BCUT2D eigenvalue weighted by Crippen LogP contribution is -2.55. The summed E-state index contributed by atoms with van der Waals surface area (Å²) in [5, 5.41) is 9.43. The van der Waals surface area contributed by atoms with Crippen LogP contribution in [0.15, 0.2) is 84.9 Å². The number of ether oxygens (including phenoxy) is 1. The second-order valence-corrected chi connectivity index (χ2v) is 9.02. The molecule has 1 atom stereocenters. The predicted molar refractivity (Wildman–Crippen MR) is 133 cm³/mol. The van der Waals surface area contributed by atoms with Gasteiger partial charge in [0.2, 0.25) is 0 Å². The highest BCUT2D eigenvalue weighted by atomic mass is 16.5. The number of aromatic carboxylic acids is 1. The van der Waals surface area contributed by atoms with E-state index in [9.17, 15) is 9.90 Å². The number of carboxylic acid groups (broad SMARTS) is 1. The van der Waals surface area contributed by atoms with Gasteiger partial charge in [-0.2, -0.15) is 0 Å². The maximum Gasteiger partial charge on any atom is 0.335 e. The van der Waals surface area contributed by atoms with Gasteiger partial charge in [-0.1, -0.05) is 72.8 Å². The number of nitrogens with zero attached hydrogens (tertiary/aromatic N) is 1. The fourth-order valence-electron chi connectivity index (χ4n) is 4.69. The van der Waals surface area contributed by atoms with Crippen LogP contribution >= 0.6 is 0 Å². The third-order valence-corrected chi connectivity index (χ3v) is 6.03. The summed E-state index contributed by atoms with van der Waals surface area (Å²) in [6.07, 6.45) is 1.58. The van der Waals surface area contributed by atoms with Gasteiger partial charge in [0.15, 0.2) is 0 Å². The molecule has 0 spiro atoms. The van der Waals surface area contributed by atoms with Crippen molar-refractivity contribution in [1.82, 2.24) is 4.90 Å². The zero-order valence-corrected chi connectivity index (χ0v) is 20.1. The molecule has 0 heterocycles. The van der Waals surface area contributed by atoms with Gasteiger partial charge in [0.25, 0.3) is 0 Å². The molecule has 0 radical (unpaired) electrons. The van der Waals surface area contributed by atoms with Gasteiger partial charge in [-0.25, -0.2) is 4.79 Å². The summed E-state index contributed by atoms with van der Waals surface area (Å²) < 4.78 is 6.89. The number of hydrogen-bond donors (Lipinski definition) is 1. The molecule has 174 valence electrons. The Labute approximate surface area is 197 Å².